The molecule has 25 heavy (non-hydrogen) atoms. The highest BCUT2D eigenvalue weighted by molar-refractivity contribution is 8.03. The third-order valence-electron chi connectivity index (χ3n) is 4.41. The zero-order valence-electron chi connectivity index (χ0n) is 14.0. The molecule has 0 spiro atoms. The fraction of sp³-hybridized carbons (Fsp3) is 0.150. The molecule has 4 rings (SSSR count). The second-order valence-electron chi connectivity index (χ2n) is 5.83. The highest BCUT2D eigenvalue weighted by Crippen LogP contribution is 2.46. The van der Waals surface area contributed by atoms with Gasteiger partial charge in [0.2, 0.25) is 5.52 Å². The van der Waals surface area contributed by atoms with E-state index < -0.39 is 0 Å². The van der Waals surface area contributed by atoms with Crippen molar-refractivity contribution in [2.24, 2.45) is 0 Å². The molecule has 0 saturated heterocycles. The van der Waals surface area contributed by atoms with Gasteiger partial charge in [-0.3, -0.25) is 0 Å². The summed E-state index contributed by atoms with van der Waals surface area (Å²) in [5.74, 6) is 0. The van der Waals surface area contributed by atoms with Gasteiger partial charge in [-0.25, -0.2) is 0 Å². The van der Waals surface area contributed by atoms with Gasteiger partial charge >= 0.3 is 0 Å². The van der Waals surface area contributed by atoms with Crippen LogP contribution in [0.5, 0.6) is 0 Å². The van der Waals surface area contributed by atoms with Gasteiger partial charge in [0.1, 0.15) is 6.54 Å². The number of fused-ring (bicyclic) bond motifs is 2. The number of hydrogen-bond acceptors (Lipinski definition) is 2. The molecule has 0 saturated carbocycles. The number of anilines is 1. The van der Waals surface area contributed by atoms with E-state index in [-0.39, 0.29) is 24.0 Å². The molecule has 0 aliphatic carbocycles. The number of para-hydroxylation sites is 1. The molecule has 0 amide bonds. The Hall–Kier alpha value is -1.24. The lowest BCUT2D eigenvalue weighted by molar-refractivity contribution is -0.667. The molecule has 1 aliphatic rings. The minimum Gasteiger partial charge on any atom is -1.00 e. The van der Waals surface area contributed by atoms with Crippen LogP contribution in [-0.4, -0.2) is 7.05 Å². The smallest absolute Gasteiger partial charge is 0.213 e. The van der Waals surface area contributed by atoms with E-state index in [0.717, 1.165) is 11.6 Å². The summed E-state index contributed by atoms with van der Waals surface area (Å²) in [6, 6.07) is 16.8. The van der Waals surface area contributed by atoms with Crippen LogP contribution in [0.1, 0.15) is 12.5 Å². The Morgan fingerprint density at radius 1 is 1.16 bits per heavy atom. The molecule has 2 aromatic carbocycles. The predicted molar refractivity (Wildman–Crippen MR) is 104 cm³/mol. The molecule has 0 bridgehead atoms. The first kappa shape index (κ1) is 18.5. The number of benzene rings is 2. The number of pyridine rings is 1. The van der Waals surface area contributed by atoms with Crippen LogP contribution < -0.4 is 33.4 Å². The lowest BCUT2D eigenvalue weighted by atomic mass is 10.1. The van der Waals surface area contributed by atoms with Crippen LogP contribution in [0, 0.1) is 0 Å². The third kappa shape index (κ3) is 3.39. The van der Waals surface area contributed by atoms with Gasteiger partial charge < -0.3 is 28.9 Å². The van der Waals surface area contributed by atoms with Crippen molar-refractivity contribution >= 4 is 46.0 Å². The number of nitrogens with zero attached hydrogens (tertiary/aromatic N) is 2. The van der Waals surface area contributed by atoms with Crippen LogP contribution in [0.15, 0.2) is 64.7 Å². The van der Waals surface area contributed by atoms with E-state index in [1.165, 1.54) is 32.1 Å². The first-order valence-electron chi connectivity index (χ1n) is 8.01. The molecule has 0 atom stereocenters. The van der Waals surface area contributed by atoms with Crippen LogP contribution >= 0.6 is 23.4 Å². The highest BCUT2D eigenvalue weighted by Gasteiger charge is 2.22. The Balaban J connectivity index is 0.00000182. The largest absolute Gasteiger partial charge is 1.00 e. The van der Waals surface area contributed by atoms with Gasteiger partial charge in [0, 0.05) is 29.1 Å². The highest BCUT2D eigenvalue weighted by atomic mass is 127. The lowest BCUT2D eigenvalue weighted by Crippen LogP contribution is -3.00. The molecule has 0 fully saturated rings. The molecule has 0 radical (unpaired) electrons. The molecule has 1 aromatic heterocycles. The fourth-order valence-electron chi connectivity index (χ4n) is 3.11. The SMILES string of the molecule is CC[n+]1ccc(/C=C2\Sc3ccc(Cl)cc3N2C)c2ccccc21.[I-]. The Kier molecular flexibility index (Phi) is 5.61. The van der Waals surface area contributed by atoms with E-state index in [2.05, 4.69) is 72.1 Å². The standard InChI is InChI=1S/C20H18ClN2S.HI/c1-3-23-11-10-14(16-6-4-5-7-17(16)23)12-20-22(2)18-13-15(21)8-9-19(18)24-20;/h4-13H,3H2,1-2H3;1H/q+1;/p-1. The van der Waals surface area contributed by atoms with Gasteiger partial charge in [-0.05, 0) is 42.8 Å². The van der Waals surface area contributed by atoms with Crippen molar-refractivity contribution in [1.82, 2.24) is 0 Å². The number of halogens is 2. The van der Waals surface area contributed by atoms with E-state index in [9.17, 15) is 0 Å². The summed E-state index contributed by atoms with van der Waals surface area (Å²) < 4.78 is 2.28. The molecule has 3 aromatic rings. The quantitative estimate of drug-likeness (QED) is 0.411. The second kappa shape index (κ2) is 7.56. The van der Waals surface area contributed by atoms with Crippen LogP contribution in [-0.2, 0) is 6.54 Å². The third-order valence-corrected chi connectivity index (χ3v) is 5.81. The van der Waals surface area contributed by atoms with E-state index in [1.54, 1.807) is 11.8 Å². The van der Waals surface area contributed by atoms with Gasteiger partial charge in [-0.2, -0.15) is 4.57 Å². The van der Waals surface area contributed by atoms with Gasteiger partial charge in [0.15, 0.2) is 6.20 Å². The lowest BCUT2D eigenvalue weighted by Gasteiger charge is -2.14. The maximum atomic E-state index is 6.15. The van der Waals surface area contributed by atoms with Crippen molar-refractivity contribution in [3.05, 3.63) is 70.3 Å². The Labute approximate surface area is 174 Å². The minimum atomic E-state index is 0. The van der Waals surface area contributed by atoms with Crippen LogP contribution in [0.4, 0.5) is 5.69 Å². The number of rotatable bonds is 2. The van der Waals surface area contributed by atoms with Crippen molar-refractivity contribution in [3.8, 4) is 0 Å². The maximum Gasteiger partial charge on any atom is 0.213 e. The summed E-state index contributed by atoms with van der Waals surface area (Å²) in [6.07, 6.45) is 4.43. The Morgan fingerprint density at radius 3 is 2.76 bits per heavy atom. The van der Waals surface area contributed by atoms with Gasteiger partial charge in [0.25, 0.3) is 0 Å². The topological polar surface area (TPSA) is 7.12 Å². The van der Waals surface area contributed by atoms with Gasteiger partial charge in [-0.1, -0.05) is 35.5 Å². The molecule has 0 N–H and O–H groups in total. The zero-order valence-corrected chi connectivity index (χ0v) is 17.8. The summed E-state index contributed by atoms with van der Waals surface area (Å²) in [4.78, 5) is 3.46. The maximum absolute atomic E-state index is 6.15. The predicted octanol–water partition coefficient (Wildman–Crippen LogP) is 2.35. The average molecular weight is 481 g/mol. The van der Waals surface area contributed by atoms with Crippen molar-refractivity contribution < 1.29 is 28.5 Å². The van der Waals surface area contributed by atoms with Crippen molar-refractivity contribution in [2.45, 2.75) is 18.4 Å². The summed E-state index contributed by atoms with van der Waals surface area (Å²) >= 11 is 7.94. The van der Waals surface area contributed by atoms with Crippen LogP contribution in [0.3, 0.4) is 0 Å². The van der Waals surface area contributed by atoms with Crippen LogP contribution in [0.2, 0.25) is 5.02 Å². The molecule has 128 valence electrons. The summed E-state index contributed by atoms with van der Waals surface area (Å²) in [5.41, 5.74) is 3.67. The number of aromatic nitrogens is 1. The van der Waals surface area contributed by atoms with Crippen molar-refractivity contribution in [1.29, 1.82) is 0 Å². The van der Waals surface area contributed by atoms with Crippen molar-refractivity contribution in [2.75, 3.05) is 11.9 Å². The van der Waals surface area contributed by atoms with Crippen molar-refractivity contribution in [3.63, 3.8) is 0 Å². The molecule has 1 aliphatic heterocycles. The number of thioether (sulfide) groups is 1. The first-order valence-corrected chi connectivity index (χ1v) is 9.21. The molecule has 5 heteroatoms. The summed E-state index contributed by atoms with van der Waals surface area (Å²) in [6.45, 7) is 3.14. The van der Waals surface area contributed by atoms with Crippen LogP contribution in [0.25, 0.3) is 17.0 Å². The molecular weight excluding hydrogens is 463 g/mol. The normalized spacial score (nSPS) is 14.7. The molecule has 0 unspecified atom stereocenters. The average Bonchev–Trinajstić information content (AvgIpc) is 2.91. The van der Waals surface area contributed by atoms with Gasteiger partial charge in [-0.15, -0.1) is 0 Å². The van der Waals surface area contributed by atoms with E-state index in [4.69, 9.17) is 11.6 Å². The monoisotopic (exact) mass is 480 g/mol. The summed E-state index contributed by atoms with van der Waals surface area (Å²) in [7, 11) is 2.10. The molecule has 2 heterocycles. The molecular formula is C20H18ClIN2S. The summed E-state index contributed by atoms with van der Waals surface area (Å²) in [5, 5.41) is 3.26. The van der Waals surface area contributed by atoms with Gasteiger partial charge in [0.05, 0.1) is 16.1 Å². The Bertz CT molecular complexity index is 971. The van der Waals surface area contributed by atoms with E-state index in [1.807, 2.05) is 12.1 Å². The second-order valence-corrected chi connectivity index (χ2v) is 7.33. The Morgan fingerprint density at radius 2 is 1.96 bits per heavy atom. The number of hydrogen-bond donors (Lipinski definition) is 0. The zero-order chi connectivity index (χ0) is 16.7. The minimum absolute atomic E-state index is 0. The van der Waals surface area contributed by atoms with E-state index in [0.29, 0.717) is 0 Å². The fourth-order valence-corrected chi connectivity index (χ4v) is 4.36. The van der Waals surface area contributed by atoms with E-state index >= 15 is 0 Å². The number of aryl methyl sites for hydroxylation is 1. The molecule has 2 nitrogen and oxygen atoms in total. The first-order chi connectivity index (χ1) is 11.7.